The highest BCUT2D eigenvalue weighted by atomic mass is 35.5. The second kappa shape index (κ2) is 4.72. The zero-order chi connectivity index (χ0) is 12.3. The summed E-state index contributed by atoms with van der Waals surface area (Å²) >= 11 is 5.86. The van der Waals surface area contributed by atoms with E-state index in [-0.39, 0.29) is 12.5 Å². The third-order valence-corrected chi connectivity index (χ3v) is 2.25. The van der Waals surface area contributed by atoms with Gasteiger partial charge in [-0.1, -0.05) is 11.6 Å². The summed E-state index contributed by atoms with van der Waals surface area (Å²) in [5.74, 6) is -0.348. The molecule has 1 aromatic rings. The summed E-state index contributed by atoms with van der Waals surface area (Å²) in [6.07, 6.45) is 0. The van der Waals surface area contributed by atoms with Gasteiger partial charge < -0.3 is 16.2 Å². The molecule has 88 valence electrons. The van der Waals surface area contributed by atoms with Crippen molar-refractivity contribution in [2.45, 2.75) is 19.4 Å². The number of halogens is 1. The van der Waals surface area contributed by atoms with Crippen LogP contribution in [0, 0.1) is 0 Å². The minimum atomic E-state index is -0.956. The maximum atomic E-state index is 11.7. The number of hydrogen-bond acceptors (Lipinski definition) is 3. The van der Waals surface area contributed by atoms with Crippen LogP contribution in [0.1, 0.15) is 24.2 Å². The van der Waals surface area contributed by atoms with Crippen molar-refractivity contribution in [2.75, 3.05) is 12.3 Å². The molecule has 0 aliphatic carbocycles. The monoisotopic (exact) mass is 242 g/mol. The fraction of sp³-hybridized carbons (Fsp3) is 0.364. The van der Waals surface area contributed by atoms with Gasteiger partial charge in [0, 0.05) is 12.2 Å². The summed E-state index contributed by atoms with van der Waals surface area (Å²) in [5.41, 5.74) is 5.38. The van der Waals surface area contributed by atoms with Crippen LogP contribution < -0.4 is 11.1 Å². The number of anilines is 1. The third-order valence-electron chi connectivity index (χ3n) is 1.92. The van der Waals surface area contributed by atoms with Gasteiger partial charge in [-0.25, -0.2) is 0 Å². The van der Waals surface area contributed by atoms with Crippen LogP contribution in [0.2, 0.25) is 5.02 Å². The topological polar surface area (TPSA) is 75.3 Å². The number of amides is 1. The Morgan fingerprint density at radius 3 is 2.75 bits per heavy atom. The number of nitrogen functional groups attached to an aromatic ring is 1. The molecule has 1 rings (SSSR count). The van der Waals surface area contributed by atoms with Gasteiger partial charge in [0.15, 0.2) is 0 Å². The average molecular weight is 243 g/mol. The molecule has 1 aromatic carbocycles. The second-order valence-corrected chi connectivity index (χ2v) is 4.64. The lowest BCUT2D eigenvalue weighted by Crippen LogP contribution is -2.38. The maximum absolute atomic E-state index is 11.7. The molecule has 0 spiro atoms. The Bertz CT molecular complexity index is 399. The lowest BCUT2D eigenvalue weighted by Gasteiger charge is -2.17. The largest absolute Gasteiger partial charge is 0.399 e. The SMILES string of the molecule is CC(C)(O)CNC(=O)c1cc(N)ccc1Cl. The Morgan fingerprint density at radius 2 is 2.19 bits per heavy atom. The molecule has 0 unspecified atom stereocenters. The fourth-order valence-electron chi connectivity index (χ4n) is 1.11. The van der Waals surface area contributed by atoms with Crippen molar-refractivity contribution < 1.29 is 9.90 Å². The molecule has 4 nitrogen and oxygen atoms in total. The predicted molar refractivity (Wildman–Crippen MR) is 64.5 cm³/mol. The molecule has 0 saturated carbocycles. The van der Waals surface area contributed by atoms with E-state index in [2.05, 4.69) is 5.32 Å². The Balaban J connectivity index is 2.77. The molecule has 0 fully saturated rings. The van der Waals surface area contributed by atoms with Crippen LogP contribution in [0.25, 0.3) is 0 Å². The van der Waals surface area contributed by atoms with Crippen molar-refractivity contribution in [3.05, 3.63) is 28.8 Å². The number of aliphatic hydroxyl groups is 1. The molecular weight excluding hydrogens is 228 g/mol. The highest BCUT2D eigenvalue weighted by Gasteiger charge is 2.16. The van der Waals surface area contributed by atoms with E-state index < -0.39 is 5.60 Å². The van der Waals surface area contributed by atoms with Gasteiger partial charge in [0.2, 0.25) is 0 Å². The van der Waals surface area contributed by atoms with Crippen molar-refractivity contribution in [3.63, 3.8) is 0 Å². The lowest BCUT2D eigenvalue weighted by atomic mass is 10.1. The molecule has 0 aromatic heterocycles. The van der Waals surface area contributed by atoms with Crippen LogP contribution in [0.5, 0.6) is 0 Å². The van der Waals surface area contributed by atoms with E-state index in [0.29, 0.717) is 16.3 Å². The highest BCUT2D eigenvalue weighted by Crippen LogP contribution is 2.18. The summed E-state index contributed by atoms with van der Waals surface area (Å²) in [6, 6.07) is 4.69. The van der Waals surface area contributed by atoms with Crippen LogP contribution in [-0.2, 0) is 0 Å². The van der Waals surface area contributed by atoms with E-state index in [1.54, 1.807) is 26.0 Å². The summed E-state index contributed by atoms with van der Waals surface area (Å²) in [5, 5.41) is 12.4. The van der Waals surface area contributed by atoms with Gasteiger partial charge >= 0.3 is 0 Å². The zero-order valence-corrected chi connectivity index (χ0v) is 10.0. The van der Waals surface area contributed by atoms with Crippen molar-refractivity contribution in [3.8, 4) is 0 Å². The summed E-state index contributed by atoms with van der Waals surface area (Å²) < 4.78 is 0. The van der Waals surface area contributed by atoms with Gasteiger partial charge in [0.1, 0.15) is 0 Å². The Morgan fingerprint density at radius 1 is 1.56 bits per heavy atom. The molecule has 5 heteroatoms. The number of carbonyl (C=O) groups excluding carboxylic acids is 1. The zero-order valence-electron chi connectivity index (χ0n) is 9.25. The predicted octanol–water partition coefficient (Wildman–Crippen LogP) is 1.42. The number of carbonyl (C=O) groups is 1. The fourth-order valence-corrected chi connectivity index (χ4v) is 1.31. The molecule has 16 heavy (non-hydrogen) atoms. The Labute approximate surface area is 99.4 Å². The first-order chi connectivity index (χ1) is 7.29. The van der Waals surface area contributed by atoms with E-state index in [1.165, 1.54) is 6.07 Å². The molecule has 0 heterocycles. The smallest absolute Gasteiger partial charge is 0.252 e. The van der Waals surface area contributed by atoms with Crippen LogP contribution in [0.3, 0.4) is 0 Å². The van der Waals surface area contributed by atoms with Crippen molar-refractivity contribution in [1.82, 2.24) is 5.32 Å². The first-order valence-electron chi connectivity index (χ1n) is 4.85. The normalized spacial score (nSPS) is 11.2. The van der Waals surface area contributed by atoms with E-state index in [9.17, 15) is 9.90 Å². The minimum Gasteiger partial charge on any atom is -0.399 e. The van der Waals surface area contributed by atoms with E-state index in [4.69, 9.17) is 17.3 Å². The molecular formula is C11H15ClN2O2. The molecule has 1 amide bonds. The molecule has 0 aliphatic heterocycles. The highest BCUT2D eigenvalue weighted by molar-refractivity contribution is 6.34. The van der Waals surface area contributed by atoms with Crippen molar-refractivity contribution >= 4 is 23.2 Å². The minimum absolute atomic E-state index is 0.150. The van der Waals surface area contributed by atoms with E-state index in [0.717, 1.165) is 0 Å². The third kappa shape index (κ3) is 3.72. The molecule has 0 bridgehead atoms. The van der Waals surface area contributed by atoms with Gasteiger partial charge in [0.05, 0.1) is 16.2 Å². The quantitative estimate of drug-likeness (QED) is 0.702. The molecule has 4 N–H and O–H groups in total. The summed E-state index contributed by atoms with van der Waals surface area (Å²) in [4.78, 5) is 11.7. The number of nitrogens with one attached hydrogen (secondary N) is 1. The average Bonchev–Trinajstić information content (AvgIpc) is 2.17. The first-order valence-corrected chi connectivity index (χ1v) is 5.23. The van der Waals surface area contributed by atoms with Gasteiger partial charge in [-0.05, 0) is 32.0 Å². The van der Waals surface area contributed by atoms with Crippen LogP contribution in [0.4, 0.5) is 5.69 Å². The standard InChI is InChI=1S/C11H15ClN2O2/c1-11(2,16)6-14-10(15)8-5-7(13)3-4-9(8)12/h3-5,16H,6,13H2,1-2H3,(H,14,15). The Hall–Kier alpha value is -1.26. The molecule has 0 radical (unpaired) electrons. The van der Waals surface area contributed by atoms with Crippen molar-refractivity contribution in [1.29, 1.82) is 0 Å². The molecule has 0 aliphatic rings. The number of nitrogens with two attached hydrogens (primary N) is 1. The number of rotatable bonds is 3. The summed E-state index contributed by atoms with van der Waals surface area (Å²) in [7, 11) is 0. The second-order valence-electron chi connectivity index (χ2n) is 4.23. The van der Waals surface area contributed by atoms with Crippen LogP contribution >= 0.6 is 11.6 Å². The number of benzene rings is 1. The van der Waals surface area contributed by atoms with Gasteiger partial charge in [-0.2, -0.15) is 0 Å². The summed E-state index contributed by atoms with van der Waals surface area (Å²) in [6.45, 7) is 3.36. The van der Waals surface area contributed by atoms with E-state index in [1.807, 2.05) is 0 Å². The van der Waals surface area contributed by atoms with Crippen LogP contribution in [-0.4, -0.2) is 23.2 Å². The lowest BCUT2D eigenvalue weighted by molar-refractivity contribution is 0.0694. The van der Waals surface area contributed by atoms with E-state index >= 15 is 0 Å². The maximum Gasteiger partial charge on any atom is 0.252 e. The van der Waals surface area contributed by atoms with Gasteiger partial charge in [0.25, 0.3) is 5.91 Å². The van der Waals surface area contributed by atoms with Gasteiger partial charge in [-0.3, -0.25) is 4.79 Å². The molecule has 0 saturated heterocycles. The first kappa shape index (κ1) is 12.8. The Kier molecular flexibility index (Phi) is 3.78. The van der Waals surface area contributed by atoms with Crippen molar-refractivity contribution in [2.24, 2.45) is 0 Å². The van der Waals surface area contributed by atoms with Crippen LogP contribution in [0.15, 0.2) is 18.2 Å². The number of hydrogen-bond donors (Lipinski definition) is 3. The molecule has 0 atom stereocenters. The van der Waals surface area contributed by atoms with Gasteiger partial charge in [-0.15, -0.1) is 0 Å².